The number of anilines is 1. The SMILES string of the molecule is CN1CC(c2ccc(-c3cnc(N(C)[C@@H]4CC5CC[C@H](N5)[C@@H]4F)cn3)c(O)c2)=CC1=O. The van der Waals surface area contributed by atoms with Gasteiger partial charge in [-0.05, 0) is 42.5 Å². The Morgan fingerprint density at radius 3 is 2.77 bits per heavy atom. The maximum absolute atomic E-state index is 14.9. The number of fused-ring (bicyclic) bond motifs is 2. The van der Waals surface area contributed by atoms with E-state index in [0.717, 1.165) is 30.4 Å². The van der Waals surface area contributed by atoms with E-state index in [1.54, 1.807) is 42.6 Å². The quantitative estimate of drug-likeness (QED) is 0.786. The predicted molar refractivity (Wildman–Crippen MR) is 116 cm³/mol. The Labute approximate surface area is 180 Å². The summed E-state index contributed by atoms with van der Waals surface area (Å²) in [6, 6.07) is 5.38. The fourth-order valence-electron chi connectivity index (χ4n) is 4.92. The zero-order chi connectivity index (χ0) is 21.7. The number of benzene rings is 1. The maximum atomic E-state index is 14.9. The van der Waals surface area contributed by atoms with Gasteiger partial charge in [0.05, 0.1) is 24.1 Å². The largest absolute Gasteiger partial charge is 0.507 e. The molecule has 0 saturated carbocycles. The van der Waals surface area contributed by atoms with Crippen LogP contribution in [-0.4, -0.2) is 70.8 Å². The second-order valence-electron chi connectivity index (χ2n) is 8.76. The van der Waals surface area contributed by atoms with Gasteiger partial charge in [-0.15, -0.1) is 0 Å². The molecule has 31 heavy (non-hydrogen) atoms. The smallest absolute Gasteiger partial charge is 0.246 e. The summed E-state index contributed by atoms with van der Waals surface area (Å²) in [4.78, 5) is 24.2. The second kappa shape index (κ2) is 7.60. The normalized spacial score (nSPS) is 27.5. The first-order valence-corrected chi connectivity index (χ1v) is 10.6. The van der Waals surface area contributed by atoms with Gasteiger partial charge in [-0.25, -0.2) is 9.37 Å². The summed E-state index contributed by atoms with van der Waals surface area (Å²) in [6.45, 7) is 0.520. The standard InChI is InChI=1S/C23H26FN5O2/c1-28-12-14(8-22(28)31)13-3-5-16(20(30)7-13)18-10-26-21(11-25-18)29(2)19-9-15-4-6-17(27-15)23(19)24/h3,5,7-8,10-11,15,17,19,23,27,30H,4,6,9,12H2,1-2H3/t15?,17-,19+,23-/m0/s1. The lowest BCUT2D eigenvalue weighted by molar-refractivity contribution is -0.123. The van der Waals surface area contributed by atoms with Crippen LogP contribution in [0.3, 0.4) is 0 Å². The van der Waals surface area contributed by atoms with Crippen LogP contribution in [0.4, 0.5) is 10.2 Å². The Morgan fingerprint density at radius 2 is 2.10 bits per heavy atom. The van der Waals surface area contributed by atoms with E-state index in [2.05, 4.69) is 15.3 Å². The molecule has 1 unspecified atom stereocenters. The molecule has 1 aromatic carbocycles. The number of rotatable bonds is 4. The number of carbonyl (C=O) groups is 1. The Bertz CT molecular complexity index is 1040. The van der Waals surface area contributed by atoms with Crippen LogP contribution in [-0.2, 0) is 4.79 Å². The number of halogens is 1. The van der Waals surface area contributed by atoms with Gasteiger partial charge in [0.15, 0.2) is 0 Å². The minimum Gasteiger partial charge on any atom is -0.507 e. The number of piperidine rings is 1. The van der Waals surface area contributed by atoms with Crippen molar-refractivity contribution in [2.24, 2.45) is 0 Å². The van der Waals surface area contributed by atoms with Crippen molar-refractivity contribution in [3.05, 3.63) is 42.2 Å². The molecule has 1 amide bonds. The lowest BCUT2D eigenvalue weighted by Gasteiger charge is -2.38. The van der Waals surface area contributed by atoms with Crippen LogP contribution < -0.4 is 10.2 Å². The maximum Gasteiger partial charge on any atom is 0.246 e. The number of likely N-dealkylation sites (N-methyl/N-ethyl adjacent to an activating group) is 1. The minimum atomic E-state index is -0.933. The average Bonchev–Trinajstić information content (AvgIpc) is 3.34. The van der Waals surface area contributed by atoms with E-state index < -0.39 is 6.17 Å². The molecule has 2 saturated heterocycles. The van der Waals surface area contributed by atoms with Gasteiger partial charge in [0, 0.05) is 44.4 Å². The van der Waals surface area contributed by atoms with E-state index in [-0.39, 0.29) is 23.7 Å². The van der Waals surface area contributed by atoms with Crippen LogP contribution in [0.25, 0.3) is 16.8 Å². The third kappa shape index (κ3) is 3.54. The highest BCUT2D eigenvalue weighted by atomic mass is 19.1. The van der Waals surface area contributed by atoms with Crippen molar-refractivity contribution < 1.29 is 14.3 Å². The number of nitrogens with zero attached hydrogens (tertiary/aromatic N) is 4. The highest BCUT2D eigenvalue weighted by Crippen LogP contribution is 2.34. The van der Waals surface area contributed by atoms with Gasteiger partial charge in [0.2, 0.25) is 5.91 Å². The molecule has 4 atom stereocenters. The number of carbonyl (C=O) groups excluding carboxylic acids is 1. The molecule has 2 bridgehead atoms. The number of amides is 1. The van der Waals surface area contributed by atoms with E-state index in [9.17, 15) is 14.3 Å². The van der Waals surface area contributed by atoms with E-state index in [1.165, 1.54) is 0 Å². The second-order valence-corrected chi connectivity index (χ2v) is 8.76. The molecule has 8 heteroatoms. The van der Waals surface area contributed by atoms with Crippen molar-refractivity contribution in [2.45, 2.75) is 43.6 Å². The average molecular weight is 423 g/mol. The van der Waals surface area contributed by atoms with Crippen molar-refractivity contribution in [1.82, 2.24) is 20.2 Å². The molecule has 1 aromatic heterocycles. The van der Waals surface area contributed by atoms with Crippen LogP contribution in [0.2, 0.25) is 0 Å². The van der Waals surface area contributed by atoms with Gasteiger partial charge in [0.25, 0.3) is 0 Å². The van der Waals surface area contributed by atoms with Crippen molar-refractivity contribution >= 4 is 17.3 Å². The van der Waals surface area contributed by atoms with Crippen LogP contribution in [0.1, 0.15) is 24.8 Å². The fraction of sp³-hybridized carbons (Fsp3) is 0.435. The van der Waals surface area contributed by atoms with Crippen molar-refractivity contribution in [3.63, 3.8) is 0 Å². The van der Waals surface area contributed by atoms with E-state index in [4.69, 9.17) is 0 Å². The monoisotopic (exact) mass is 423 g/mol. The molecule has 2 fully saturated rings. The lowest BCUT2D eigenvalue weighted by atomic mass is 9.96. The van der Waals surface area contributed by atoms with Crippen LogP contribution in [0, 0.1) is 0 Å². The summed E-state index contributed by atoms with van der Waals surface area (Å²) in [5, 5.41) is 13.9. The van der Waals surface area contributed by atoms with Gasteiger partial charge in [-0.1, -0.05) is 6.07 Å². The summed E-state index contributed by atoms with van der Waals surface area (Å²) >= 11 is 0. The first-order chi connectivity index (χ1) is 14.9. The molecule has 2 aromatic rings. The third-order valence-electron chi connectivity index (χ3n) is 6.78. The highest BCUT2D eigenvalue weighted by Gasteiger charge is 2.43. The summed E-state index contributed by atoms with van der Waals surface area (Å²) in [7, 11) is 3.61. The molecule has 0 spiro atoms. The fourth-order valence-corrected chi connectivity index (χ4v) is 4.92. The number of aromatic hydroxyl groups is 1. The Morgan fingerprint density at radius 1 is 1.26 bits per heavy atom. The van der Waals surface area contributed by atoms with Gasteiger partial charge >= 0.3 is 0 Å². The van der Waals surface area contributed by atoms with Crippen molar-refractivity contribution in [1.29, 1.82) is 0 Å². The Kier molecular flexibility index (Phi) is 4.89. The van der Waals surface area contributed by atoms with Crippen LogP contribution in [0.15, 0.2) is 36.7 Å². The molecule has 3 aliphatic rings. The molecular weight excluding hydrogens is 397 g/mol. The first-order valence-electron chi connectivity index (χ1n) is 10.6. The number of aromatic nitrogens is 2. The minimum absolute atomic E-state index is 0.0404. The highest BCUT2D eigenvalue weighted by molar-refractivity contribution is 6.00. The first kappa shape index (κ1) is 19.9. The van der Waals surface area contributed by atoms with Gasteiger partial charge in [0.1, 0.15) is 17.7 Å². The molecule has 0 aliphatic carbocycles. The van der Waals surface area contributed by atoms with E-state index >= 15 is 0 Å². The van der Waals surface area contributed by atoms with E-state index in [1.807, 2.05) is 18.0 Å². The number of hydrogen-bond acceptors (Lipinski definition) is 6. The summed E-state index contributed by atoms with van der Waals surface area (Å²) < 4.78 is 14.9. The van der Waals surface area contributed by atoms with Crippen LogP contribution >= 0.6 is 0 Å². The molecule has 3 aliphatic heterocycles. The molecule has 4 heterocycles. The van der Waals surface area contributed by atoms with Crippen molar-refractivity contribution in [3.8, 4) is 17.0 Å². The van der Waals surface area contributed by atoms with Gasteiger partial charge in [-0.2, -0.15) is 0 Å². The Balaban J connectivity index is 1.34. The summed E-state index contributed by atoms with van der Waals surface area (Å²) in [6.07, 6.45) is 6.56. The Hall–Kier alpha value is -3.00. The number of alkyl halides is 1. The zero-order valence-corrected chi connectivity index (χ0v) is 17.6. The molecule has 162 valence electrons. The summed E-state index contributed by atoms with van der Waals surface area (Å²) in [5.41, 5.74) is 2.77. The number of nitrogens with one attached hydrogen (secondary N) is 1. The number of phenolic OH excluding ortho intramolecular Hbond substituents is 1. The molecule has 5 rings (SSSR count). The molecule has 7 nitrogen and oxygen atoms in total. The number of phenols is 1. The summed E-state index contributed by atoms with van der Waals surface area (Å²) in [5.74, 6) is 0.655. The van der Waals surface area contributed by atoms with Gasteiger partial charge in [-0.3, -0.25) is 9.78 Å². The van der Waals surface area contributed by atoms with Gasteiger partial charge < -0.3 is 20.2 Å². The topological polar surface area (TPSA) is 81.6 Å². The van der Waals surface area contributed by atoms with Crippen LogP contribution in [0.5, 0.6) is 5.75 Å². The van der Waals surface area contributed by atoms with E-state index in [0.29, 0.717) is 29.7 Å². The molecule has 0 radical (unpaired) electrons. The zero-order valence-electron chi connectivity index (χ0n) is 17.6. The molecular formula is C23H26FN5O2. The predicted octanol–water partition coefficient (Wildman–Crippen LogP) is 2.37. The number of hydrogen-bond donors (Lipinski definition) is 2. The lowest BCUT2D eigenvalue weighted by Crippen LogP contribution is -2.55. The van der Waals surface area contributed by atoms with Crippen molar-refractivity contribution in [2.75, 3.05) is 25.5 Å². The molecule has 2 N–H and O–H groups in total. The third-order valence-corrected chi connectivity index (χ3v) is 6.78.